The molecule has 3 atom stereocenters. The average molecular weight is 738 g/mol. The van der Waals surface area contributed by atoms with Gasteiger partial charge in [-0.1, -0.05) is 96.4 Å². The fourth-order valence-corrected chi connectivity index (χ4v) is 7.17. The van der Waals surface area contributed by atoms with Crippen molar-refractivity contribution in [3.8, 4) is 5.75 Å². The lowest BCUT2D eigenvalue weighted by Gasteiger charge is -2.34. The highest BCUT2D eigenvalue weighted by Gasteiger charge is 2.49. The highest BCUT2D eigenvalue weighted by molar-refractivity contribution is 7.91. The summed E-state index contributed by atoms with van der Waals surface area (Å²) in [5.74, 6) is -2.49. The summed E-state index contributed by atoms with van der Waals surface area (Å²) < 4.78 is 41.1. The van der Waals surface area contributed by atoms with Gasteiger partial charge in [0.15, 0.2) is 5.60 Å². The molecule has 1 rings (SSSR count). The van der Waals surface area contributed by atoms with Crippen molar-refractivity contribution in [2.45, 2.75) is 155 Å². The van der Waals surface area contributed by atoms with E-state index in [1.54, 1.807) is 33.8 Å². The maximum Gasteiger partial charge on any atom is 0.339 e. The Bertz CT molecular complexity index is 1290. The SMILES string of the molecule is CCCCCCCS(=O)(=O)CCCCCCC=C[C@H](C(=O)NC(Cc1ccc(OCCCC)cc1)C(=O)OC)[C@@](O)(CCC)C(=O)OC(C)(C)C. The maximum absolute atomic E-state index is 14.0. The van der Waals surface area contributed by atoms with Crippen LogP contribution in [0.3, 0.4) is 0 Å². The molecule has 1 aromatic carbocycles. The second-order valence-electron chi connectivity index (χ2n) is 14.5. The molecule has 1 aromatic rings. The second kappa shape index (κ2) is 24.3. The van der Waals surface area contributed by atoms with Crippen LogP contribution in [-0.4, -0.2) is 73.8 Å². The smallest absolute Gasteiger partial charge is 0.339 e. The lowest BCUT2D eigenvalue weighted by Crippen LogP contribution is -2.56. The summed E-state index contributed by atoms with van der Waals surface area (Å²) >= 11 is 0. The Morgan fingerprint density at radius 1 is 0.843 bits per heavy atom. The van der Waals surface area contributed by atoms with E-state index in [0.29, 0.717) is 31.6 Å². The van der Waals surface area contributed by atoms with Crippen LogP contribution in [0.5, 0.6) is 5.75 Å². The van der Waals surface area contributed by atoms with Gasteiger partial charge in [-0.25, -0.2) is 18.0 Å². The Morgan fingerprint density at radius 3 is 1.98 bits per heavy atom. The Balaban J connectivity index is 3.05. The average Bonchev–Trinajstić information content (AvgIpc) is 3.06. The van der Waals surface area contributed by atoms with E-state index in [1.165, 1.54) is 13.2 Å². The molecule has 0 aliphatic rings. The van der Waals surface area contributed by atoms with Gasteiger partial charge >= 0.3 is 11.9 Å². The molecular weight excluding hydrogens is 671 g/mol. The topological polar surface area (TPSA) is 145 Å². The van der Waals surface area contributed by atoms with Gasteiger partial charge in [0.25, 0.3) is 0 Å². The van der Waals surface area contributed by atoms with Crippen LogP contribution < -0.4 is 10.1 Å². The number of methoxy groups -OCH3 is 1. The quantitative estimate of drug-likeness (QED) is 0.0534. The van der Waals surface area contributed by atoms with Crippen LogP contribution in [0.15, 0.2) is 36.4 Å². The number of carbonyl (C=O) groups is 3. The minimum Gasteiger partial charge on any atom is -0.494 e. The molecule has 0 bridgehead atoms. The number of amides is 1. The molecule has 11 heteroatoms. The zero-order chi connectivity index (χ0) is 38.3. The number of hydrogen-bond donors (Lipinski definition) is 2. The summed E-state index contributed by atoms with van der Waals surface area (Å²) in [4.78, 5) is 40.3. The van der Waals surface area contributed by atoms with Gasteiger partial charge in [0.05, 0.1) is 31.1 Å². The third kappa shape index (κ3) is 18.9. The zero-order valence-corrected chi connectivity index (χ0v) is 33.3. The Labute approximate surface area is 308 Å². The molecule has 0 saturated heterocycles. The third-order valence-corrected chi connectivity index (χ3v) is 10.4. The van der Waals surface area contributed by atoms with Crippen molar-refractivity contribution in [1.29, 1.82) is 0 Å². The lowest BCUT2D eigenvalue weighted by molar-refractivity contribution is -0.184. The van der Waals surface area contributed by atoms with E-state index in [0.717, 1.165) is 69.8 Å². The van der Waals surface area contributed by atoms with E-state index < -0.39 is 50.8 Å². The van der Waals surface area contributed by atoms with Gasteiger partial charge < -0.3 is 24.6 Å². The van der Waals surface area contributed by atoms with Crippen LogP contribution in [0.1, 0.15) is 137 Å². The van der Waals surface area contributed by atoms with Crippen LogP contribution in [0.2, 0.25) is 0 Å². The van der Waals surface area contributed by atoms with E-state index in [4.69, 9.17) is 14.2 Å². The van der Waals surface area contributed by atoms with Crippen LogP contribution in [0.4, 0.5) is 0 Å². The van der Waals surface area contributed by atoms with Crippen molar-refractivity contribution in [3.05, 3.63) is 42.0 Å². The number of carbonyl (C=O) groups excluding carboxylic acids is 3. The van der Waals surface area contributed by atoms with Gasteiger partial charge in [-0.05, 0) is 77.0 Å². The summed E-state index contributed by atoms with van der Waals surface area (Å²) in [7, 11) is -1.81. The first-order valence-electron chi connectivity index (χ1n) is 19.0. The van der Waals surface area contributed by atoms with Crippen LogP contribution in [0.25, 0.3) is 0 Å². The molecular formula is C40H67NO9S. The van der Waals surface area contributed by atoms with Gasteiger partial charge in [-0.3, -0.25) is 4.79 Å². The molecule has 0 fully saturated rings. The minimum absolute atomic E-state index is 0.0419. The monoisotopic (exact) mass is 737 g/mol. The van der Waals surface area contributed by atoms with Crippen LogP contribution in [0, 0.1) is 5.92 Å². The van der Waals surface area contributed by atoms with Crippen LogP contribution in [-0.2, 0) is 40.1 Å². The van der Waals surface area contributed by atoms with E-state index in [-0.39, 0.29) is 24.3 Å². The van der Waals surface area contributed by atoms with Crippen molar-refractivity contribution in [1.82, 2.24) is 5.32 Å². The molecule has 51 heavy (non-hydrogen) atoms. The molecule has 10 nitrogen and oxygen atoms in total. The number of esters is 2. The van der Waals surface area contributed by atoms with E-state index in [2.05, 4.69) is 19.2 Å². The molecule has 1 amide bonds. The number of nitrogens with one attached hydrogen (secondary N) is 1. The molecule has 0 radical (unpaired) electrons. The number of benzene rings is 1. The highest BCUT2D eigenvalue weighted by Crippen LogP contribution is 2.30. The van der Waals surface area contributed by atoms with Gasteiger partial charge in [0.1, 0.15) is 27.2 Å². The number of sulfone groups is 1. The molecule has 0 spiro atoms. The Kier molecular flexibility index (Phi) is 22.0. The summed E-state index contributed by atoms with van der Waals surface area (Å²) in [5.41, 5.74) is -2.34. The number of ether oxygens (including phenoxy) is 3. The van der Waals surface area contributed by atoms with Crippen molar-refractivity contribution < 1.29 is 42.1 Å². The molecule has 2 N–H and O–H groups in total. The molecule has 0 aromatic heterocycles. The molecule has 0 aliphatic carbocycles. The Hall–Kier alpha value is -2.92. The summed E-state index contributed by atoms with van der Waals surface area (Å²) in [5, 5.41) is 14.6. The number of aliphatic hydroxyl groups is 1. The molecule has 0 saturated carbocycles. The van der Waals surface area contributed by atoms with E-state index in [9.17, 15) is 27.9 Å². The third-order valence-electron chi connectivity index (χ3n) is 8.58. The Morgan fingerprint density at radius 2 is 1.43 bits per heavy atom. The fourth-order valence-electron chi connectivity index (χ4n) is 5.68. The van der Waals surface area contributed by atoms with E-state index >= 15 is 0 Å². The van der Waals surface area contributed by atoms with Crippen molar-refractivity contribution in [2.24, 2.45) is 5.92 Å². The van der Waals surface area contributed by atoms with Gasteiger partial charge in [0.2, 0.25) is 5.91 Å². The standard InChI is InChI=1S/C40H67NO9S/c1-8-11-13-17-20-29-51(46,47)30-21-18-15-14-16-19-22-34(40(45,27-10-3)38(44)50-39(4,5)6)36(42)41-35(37(43)48-7)31-32-23-25-33(26-24-32)49-28-12-9-2/h19,22-26,34-35,45H,8-18,20-21,27-31H2,1-7H3,(H,41,42)/t34-,35?,40+/m1/s1. The highest BCUT2D eigenvalue weighted by atomic mass is 32.2. The summed E-state index contributed by atoms with van der Waals surface area (Å²) in [6, 6.07) is 6.17. The van der Waals surface area contributed by atoms with Crippen LogP contribution >= 0.6 is 0 Å². The first-order chi connectivity index (χ1) is 24.1. The van der Waals surface area contributed by atoms with E-state index in [1.807, 2.05) is 24.3 Å². The fraction of sp³-hybridized carbons (Fsp3) is 0.725. The van der Waals surface area contributed by atoms with Gasteiger partial charge in [-0.15, -0.1) is 0 Å². The number of unbranched alkanes of at least 4 members (excludes halogenated alkanes) is 9. The molecule has 292 valence electrons. The number of rotatable bonds is 27. The first-order valence-corrected chi connectivity index (χ1v) is 20.9. The molecule has 0 aliphatic heterocycles. The minimum atomic E-state index is -3.04. The second-order valence-corrected chi connectivity index (χ2v) is 16.8. The van der Waals surface area contributed by atoms with Crippen molar-refractivity contribution in [3.63, 3.8) is 0 Å². The van der Waals surface area contributed by atoms with Gasteiger partial charge in [0, 0.05) is 6.42 Å². The predicted octanol–water partition coefficient (Wildman–Crippen LogP) is 7.45. The van der Waals surface area contributed by atoms with Crippen molar-refractivity contribution >= 4 is 27.7 Å². The predicted molar refractivity (Wildman–Crippen MR) is 203 cm³/mol. The van der Waals surface area contributed by atoms with Gasteiger partial charge in [-0.2, -0.15) is 0 Å². The van der Waals surface area contributed by atoms with Crippen molar-refractivity contribution in [2.75, 3.05) is 25.2 Å². The molecule has 0 heterocycles. The molecule has 1 unspecified atom stereocenters. The number of allylic oxidation sites excluding steroid dienone is 1. The zero-order valence-electron chi connectivity index (χ0n) is 32.5. The summed E-state index contributed by atoms with van der Waals surface area (Å²) in [6.45, 7) is 11.7. The summed E-state index contributed by atoms with van der Waals surface area (Å²) in [6.07, 6.45) is 14.2. The normalized spacial score (nSPS) is 14.4. The first kappa shape index (κ1) is 46.1. The lowest BCUT2D eigenvalue weighted by atomic mass is 9.81. The number of hydrogen-bond acceptors (Lipinski definition) is 9. The maximum atomic E-state index is 14.0. The largest absolute Gasteiger partial charge is 0.494 e.